The lowest BCUT2D eigenvalue weighted by molar-refractivity contribution is 0.415. The summed E-state index contributed by atoms with van der Waals surface area (Å²) in [7, 11) is 1.63. The van der Waals surface area contributed by atoms with E-state index in [9.17, 15) is 0 Å². The molecule has 0 amide bonds. The maximum absolute atomic E-state index is 6.06. The molecule has 16 heavy (non-hydrogen) atoms. The first-order valence-electron chi connectivity index (χ1n) is 5.59. The van der Waals surface area contributed by atoms with Crippen LogP contribution in [0, 0.1) is 5.41 Å². The van der Waals surface area contributed by atoms with E-state index in [2.05, 4.69) is 19.2 Å². The zero-order chi connectivity index (χ0) is 11.8. The van der Waals surface area contributed by atoms with Crippen molar-refractivity contribution in [1.29, 1.82) is 0 Å². The van der Waals surface area contributed by atoms with Crippen LogP contribution in [-0.4, -0.2) is 13.2 Å². The molecule has 1 aromatic rings. The molecule has 1 fully saturated rings. The third-order valence-corrected chi connectivity index (χ3v) is 3.58. The van der Waals surface area contributed by atoms with Gasteiger partial charge in [0, 0.05) is 12.6 Å². The van der Waals surface area contributed by atoms with Crippen LogP contribution in [-0.2, 0) is 6.54 Å². The second-order valence-electron chi connectivity index (χ2n) is 5.10. The zero-order valence-corrected chi connectivity index (χ0v) is 10.8. The number of hydrogen-bond acceptors (Lipinski definition) is 2. The standard InChI is InChI=1S/C13H18ClNO/c1-13(2)7-12(13)15-8-9-4-5-11(16-3)10(14)6-9/h4-6,12,15H,7-8H2,1-3H3. The Labute approximate surface area is 102 Å². The summed E-state index contributed by atoms with van der Waals surface area (Å²) < 4.78 is 5.12. The second-order valence-corrected chi connectivity index (χ2v) is 5.50. The van der Waals surface area contributed by atoms with Crippen molar-refractivity contribution in [2.24, 2.45) is 5.41 Å². The van der Waals surface area contributed by atoms with Crippen molar-refractivity contribution < 1.29 is 4.74 Å². The lowest BCUT2D eigenvalue weighted by atomic mass is 10.1. The van der Waals surface area contributed by atoms with Gasteiger partial charge in [-0.25, -0.2) is 0 Å². The molecule has 2 nitrogen and oxygen atoms in total. The molecule has 0 saturated heterocycles. The minimum atomic E-state index is 0.469. The number of methoxy groups -OCH3 is 1. The fourth-order valence-corrected chi connectivity index (χ4v) is 2.16. The van der Waals surface area contributed by atoms with Gasteiger partial charge < -0.3 is 10.1 Å². The summed E-state index contributed by atoms with van der Waals surface area (Å²) in [5.74, 6) is 0.733. The minimum absolute atomic E-state index is 0.469. The van der Waals surface area contributed by atoms with Gasteiger partial charge in [0.2, 0.25) is 0 Å². The Morgan fingerprint density at radius 1 is 1.50 bits per heavy atom. The molecule has 0 radical (unpaired) electrons. The summed E-state index contributed by atoms with van der Waals surface area (Å²) in [6.07, 6.45) is 1.26. The molecular formula is C13H18ClNO. The van der Waals surface area contributed by atoms with E-state index in [1.165, 1.54) is 12.0 Å². The molecule has 2 rings (SSSR count). The molecule has 1 aliphatic rings. The zero-order valence-electron chi connectivity index (χ0n) is 10.0. The molecule has 88 valence electrons. The van der Waals surface area contributed by atoms with Gasteiger partial charge in [-0.15, -0.1) is 0 Å². The van der Waals surface area contributed by atoms with Gasteiger partial charge in [-0.2, -0.15) is 0 Å². The largest absolute Gasteiger partial charge is 0.495 e. The van der Waals surface area contributed by atoms with Crippen molar-refractivity contribution in [1.82, 2.24) is 5.32 Å². The predicted molar refractivity (Wildman–Crippen MR) is 67.0 cm³/mol. The Morgan fingerprint density at radius 3 is 2.69 bits per heavy atom. The van der Waals surface area contributed by atoms with Gasteiger partial charge >= 0.3 is 0 Å². The van der Waals surface area contributed by atoms with Crippen LogP contribution in [0.25, 0.3) is 0 Å². The highest BCUT2D eigenvalue weighted by molar-refractivity contribution is 6.32. The average Bonchev–Trinajstić information content (AvgIpc) is 2.84. The molecule has 0 heterocycles. The topological polar surface area (TPSA) is 21.3 Å². The first-order chi connectivity index (χ1) is 7.53. The van der Waals surface area contributed by atoms with Crippen molar-refractivity contribution in [2.75, 3.05) is 7.11 Å². The van der Waals surface area contributed by atoms with Gasteiger partial charge in [0.25, 0.3) is 0 Å². The molecule has 0 aromatic heterocycles. The highest BCUT2D eigenvalue weighted by Gasteiger charge is 2.44. The molecule has 0 spiro atoms. The normalized spacial score (nSPS) is 21.9. The van der Waals surface area contributed by atoms with Gasteiger partial charge in [0.05, 0.1) is 12.1 Å². The van der Waals surface area contributed by atoms with Crippen molar-refractivity contribution in [2.45, 2.75) is 32.9 Å². The molecule has 1 N–H and O–H groups in total. The predicted octanol–water partition coefficient (Wildman–Crippen LogP) is 3.24. The molecule has 1 unspecified atom stereocenters. The van der Waals surface area contributed by atoms with Crippen LogP contribution in [0.2, 0.25) is 5.02 Å². The molecule has 3 heteroatoms. The number of benzene rings is 1. The lowest BCUT2D eigenvalue weighted by Crippen LogP contribution is -2.19. The molecule has 1 aliphatic carbocycles. The monoisotopic (exact) mass is 239 g/mol. The van der Waals surface area contributed by atoms with E-state index in [1.807, 2.05) is 18.2 Å². The molecule has 1 atom stereocenters. The number of hydrogen-bond donors (Lipinski definition) is 1. The Kier molecular flexibility index (Phi) is 3.13. The van der Waals surface area contributed by atoms with Gasteiger partial charge in [-0.1, -0.05) is 31.5 Å². The van der Waals surface area contributed by atoms with Crippen molar-refractivity contribution in [3.05, 3.63) is 28.8 Å². The van der Waals surface area contributed by atoms with Crippen molar-refractivity contribution in [3.63, 3.8) is 0 Å². The minimum Gasteiger partial charge on any atom is -0.495 e. The number of nitrogens with one attached hydrogen (secondary N) is 1. The summed E-state index contributed by atoms with van der Waals surface area (Å²) in [6.45, 7) is 5.44. The molecular weight excluding hydrogens is 222 g/mol. The van der Waals surface area contributed by atoms with E-state index in [0.717, 1.165) is 12.3 Å². The summed E-state index contributed by atoms with van der Waals surface area (Å²) in [6, 6.07) is 6.57. The van der Waals surface area contributed by atoms with E-state index in [1.54, 1.807) is 7.11 Å². The van der Waals surface area contributed by atoms with Crippen LogP contribution in [0.5, 0.6) is 5.75 Å². The van der Waals surface area contributed by atoms with Crippen LogP contribution >= 0.6 is 11.6 Å². The van der Waals surface area contributed by atoms with Crippen LogP contribution in [0.1, 0.15) is 25.8 Å². The first-order valence-corrected chi connectivity index (χ1v) is 5.96. The lowest BCUT2D eigenvalue weighted by Gasteiger charge is -2.08. The smallest absolute Gasteiger partial charge is 0.137 e. The highest BCUT2D eigenvalue weighted by atomic mass is 35.5. The fourth-order valence-electron chi connectivity index (χ4n) is 1.88. The Bertz CT molecular complexity index is 390. The molecule has 1 saturated carbocycles. The van der Waals surface area contributed by atoms with Crippen LogP contribution in [0.15, 0.2) is 18.2 Å². The maximum Gasteiger partial charge on any atom is 0.137 e. The summed E-state index contributed by atoms with van der Waals surface area (Å²) >= 11 is 6.06. The van der Waals surface area contributed by atoms with Crippen LogP contribution in [0.4, 0.5) is 0 Å². The number of halogens is 1. The van der Waals surface area contributed by atoms with E-state index in [-0.39, 0.29) is 0 Å². The van der Waals surface area contributed by atoms with Gasteiger partial charge in [0.1, 0.15) is 5.75 Å². The summed E-state index contributed by atoms with van der Waals surface area (Å²) in [5.41, 5.74) is 1.67. The second kappa shape index (κ2) is 4.27. The van der Waals surface area contributed by atoms with E-state index < -0.39 is 0 Å². The first kappa shape index (κ1) is 11.7. The Balaban J connectivity index is 1.93. The quantitative estimate of drug-likeness (QED) is 0.871. The maximum atomic E-state index is 6.06. The van der Waals surface area contributed by atoms with Crippen LogP contribution < -0.4 is 10.1 Å². The van der Waals surface area contributed by atoms with Crippen LogP contribution in [0.3, 0.4) is 0 Å². The van der Waals surface area contributed by atoms with E-state index >= 15 is 0 Å². The van der Waals surface area contributed by atoms with Gasteiger partial charge in [0.15, 0.2) is 0 Å². The molecule has 0 bridgehead atoms. The van der Waals surface area contributed by atoms with E-state index in [4.69, 9.17) is 16.3 Å². The van der Waals surface area contributed by atoms with E-state index in [0.29, 0.717) is 16.5 Å². The third-order valence-electron chi connectivity index (χ3n) is 3.28. The Morgan fingerprint density at radius 2 is 2.19 bits per heavy atom. The number of ether oxygens (including phenoxy) is 1. The SMILES string of the molecule is COc1ccc(CNC2CC2(C)C)cc1Cl. The summed E-state index contributed by atoms with van der Waals surface area (Å²) in [4.78, 5) is 0. The van der Waals surface area contributed by atoms with Gasteiger partial charge in [-0.05, 0) is 29.5 Å². The van der Waals surface area contributed by atoms with Gasteiger partial charge in [-0.3, -0.25) is 0 Å². The average molecular weight is 240 g/mol. The number of rotatable bonds is 4. The fraction of sp³-hybridized carbons (Fsp3) is 0.538. The summed E-state index contributed by atoms with van der Waals surface area (Å²) in [5, 5.41) is 4.21. The van der Waals surface area contributed by atoms with Crippen molar-refractivity contribution in [3.8, 4) is 5.75 Å². The molecule has 1 aromatic carbocycles. The van der Waals surface area contributed by atoms with Crippen molar-refractivity contribution >= 4 is 11.6 Å². The third kappa shape index (κ3) is 2.50. The Hall–Kier alpha value is -0.730. The highest BCUT2D eigenvalue weighted by Crippen LogP contribution is 2.44. The molecule has 0 aliphatic heterocycles.